The minimum atomic E-state index is -0.440. The number of anilines is 1. The molecule has 1 amide bonds. The van der Waals surface area contributed by atoms with Gasteiger partial charge in [0.1, 0.15) is 0 Å². The van der Waals surface area contributed by atoms with Crippen molar-refractivity contribution >= 4 is 32.6 Å². The minimum Gasteiger partial charge on any atom is -0.391 e. The molecule has 2 heterocycles. The van der Waals surface area contributed by atoms with Crippen molar-refractivity contribution in [2.45, 2.75) is 18.9 Å². The van der Waals surface area contributed by atoms with E-state index in [-0.39, 0.29) is 6.10 Å². The lowest BCUT2D eigenvalue weighted by molar-refractivity contribution is 0.100. The normalized spacial score (nSPS) is 19.8. The molecule has 1 saturated heterocycles. The van der Waals surface area contributed by atoms with Crippen molar-refractivity contribution in [1.29, 1.82) is 0 Å². The standard InChI is InChI=1S/C13H15N3O2S/c14-12(18)8-3-4-11-10(6-8)15-13(19-11)16-5-1-2-9(17)7-16/h3-4,6,9,17H,1-2,5,7H2,(H2,14,18). The molecule has 3 rings (SSSR count). The van der Waals surface area contributed by atoms with Gasteiger partial charge in [-0.1, -0.05) is 11.3 Å². The highest BCUT2D eigenvalue weighted by molar-refractivity contribution is 7.22. The number of rotatable bonds is 2. The highest BCUT2D eigenvalue weighted by Crippen LogP contribution is 2.30. The molecule has 1 atom stereocenters. The number of carbonyl (C=O) groups is 1. The van der Waals surface area contributed by atoms with Crippen LogP contribution in [0, 0.1) is 0 Å². The van der Waals surface area contributed by atoms with E-state index in [2.05, 4.69) is 9.88 Å². The number of amides is 1. The molecule has 1 unspecified atom stereocenters. The predicted molar refractivity (Wildman–Crippen MR) is 75.6 cm³/mol. The van der Waals surface area contributed by atoms with E-state index in [1.807, 2.05) is 6.07 Å². The second-order valence-electron chi connectivity index (χ2n) is 4.79. The topological polar surface area (TPSA) is 79.5 Å². The number of nitrogens with zero attached hydrogens (tertiary/aromatic N) is 2. The summed E-state index contributed by atoms with van der Waals surface area (Å²) < 4.78 is 1.03. The fourth-order valence-electron chi connectivity index (χ4n) is 2.33. The lowest BCUT2D eigenvalue weighted by atomic mass is 10.1. The van der Waals surface area contributed by atoms with Gasteiger partial charge in [-0.25, -0.2) is 4.98 Å². The molecule has 19 heavy (non-hydrogen) atoms. The van der Waals surface area contributed by atoms with Gasteiger partial charge in [0.15, 0.2) is 5.13 Å². The Bertz CT molecular complexity index is 625. The Kier molecular flexibility index (Phi) is 3.12. The van der Waals surface area contributed by atoms with Crippen molar-refractivity contribution in [3.8, 4) is 0 Å². The fourth-order valence-corrected chi connectivity index (χ4v) is 3.31. The van der Waals surface area contributed by atoms with Crippen molar-refractivity contribution < 1.29 is 9.90 Å². The summed E-state index contributed by atoms with van der Waals surface area (Å²) in [4.78, 5) is 17.8. The first-order valence-corrected chi connectivity index (χ1v) is 7.08. The molecule has 1 aliphatic heterocycles. The molecule has 1 aliphatic rings. The molecule has 0 bridgehead atoms. The Hall–Kier alpha value is -1.66. The van der Waals surface area contributed by atoms with Crippen LogP contribution in [-0.4, -0.2) is 35.2 Å². The van der Waals surface area contributed by atoms with Crippen molar-refractivity contribution in [3.63, 3.8) is 0 Å². The average molecular weight is 277 g/mol. The van der Waals surface area contributed by atoms with E-state index in [0.717, 1.165) is 34.7 Å². The number of fused-ring (bicyclic) bond motifs is 1. The van der Waals surface area contributed by atoms with Crippen LogP contribution in [0.4, 0.5) is 5.13 Å². The highest BCUT2D eigenvalue weighted by Gasteiger charge is 2.20. The van der Waals surface area contributed by atoms with E-state index in [0.29, 0.717) is 12.1 Å². The maximum Gasteiger partial charge on any atom is 0.248 e. The third kappa shape index (κ3) is 2.41. The summed E-state index contributed by atoms with van der Waals surface area (Å²) in [7, 11) is 0. The SMILES string of the molecule is NC(=O)c1ccc2sc(N3CCCC(O)C3)nc2c1. The third-order valence-corrected chi connectivity index (χ3v) is 4.43. The van der Waals surface area contributed by atoms with Gasteiger partial charge in [-0.15, -0.1) is 0 Å². The molecule has 5 nitrogen and oxygen atoms in total. The lowest BCUT2D eigenvalue weighted by Crippen LogP contribution is -2.38. The number of aromatic nitrogens is 1. The summed E-state index contributed by atoms with van der Waals surface area (Å²) >= 11 is 1.58. The zero-order valence-corrected chi connectivity index (χ0v) is 11.2. The first-order chi connectivity index (χ1) is 9.13. The van der Waals surface area contributed by atoms with Crippen LogP contribution < -0.4 is 10.6 Å². The van der Waals surface area contributed by atoms with Gasteiger partial charge < -0.3 is 15.7 Å². The van der Waals surface area contributed by atoms with Crippen LogP contribution in [0.3, 0.4) is 0 Å². The molecule has 1 aromatic carbocycles. The number of piperidine rings is 1. The van der Waals surface area contributed by atoms with Crippen molar-refractivity contribution in [2.75, 3.05) is 18.0 Å². The van der Waals surface area contributed by atoms with E-state index >= 15 is 0 Å². The Morgan fingerprint density at radius 3 is 3.11 bits per heavy atom. The molecular formula is C13H15N3O2S. The number of β-amino-alcohol motifs (C(OH)–C–C–N with tert-alkyl or cyclic N) is 1. The van der Waals surface area contributed by atoms with E-state index in [1.165, 1.54) is 0 Å². The summed E-state index contributed by atoms with van der Waals surface area (Å²) in [6.07, 6.45) is 1.55. The maximum absolute atomic E-state index is 11.2. The molecule has 0 radical (unpaired) electrons. The quantitative estimate of drug-likeness (QED) is 0.868. The van der Waals surface area contributed by atoms with Gasteiger partial charge in [-0.2, -0.15) is 0 Å². The average Bonchev–Trinajstić information content (AvgIpc) is 2.81. The summed E-state index contributed by atoms with van der Waals surface area (Å²) in [6.45, 7) is 1.54. The van der Waals surface area contributed by atoms with Crippen LogP contribution in [0.25, 0.3) is 10.2 Å². The molecular weight excluding hydrogens is 262 g/mol. The van der Waals surface area contributed by atoms with E-state index in [9.17, 15) is 9.90 Å². The molecule has 0 aliphatic carbocycles. The Labute approximate surface area is 114 Å². The molecule has 100 valence electrons. The lowest BCUT2D eigenvalue weighted by Gasteiger charge is -2.29. The van der Waals surface area contributed by atoms with Gasteiger partial charge in [-0.05, 0) is 31.0 Å². The number of hydrogen-bond acceptors (Lipinski definition) is 5. The number of aliphatic hydroxyl groups is 1. The zero-order chi connectivity index (χ0) is 13.4. The fraction of sp³-hybridized carbons (Fsp3) is 0.385. The molecule has 1 fully saturated rings. The summed E-state index contributed by atoms with van der Waals surface area (Å²) in [5.74, 6) is -0.440. The van der Waals surface area contributed by atoms with Crippen molar-refractivity contribution in [2.24, 2.45) is 5.73 Å². The Balaban J connectivity index is 1.94. The Morgan fingerprint density at radius 2 is 2.37 bits per heavy atom. The Morgan fingerprint density at radius 1 is 1.53 bits per heavy atom. The number of hydrogen-bond donors (Lipinski definition) is 2. The largest absolute Gasteiger partial charge is 0.391 e. The van der Waals surface area contributed by atoms with Gasteiger partial charge >= 0.3 is 0 Å². The van der Waals surface area contributed by atoms with E-state index in [1.54, 1.807) is 23.5 Å². The second kappa shape index (κ2) is 4.79. The molecule has 0 spiro atoms. The van der Waals surface area contributed by atoms with E-state index < -0.39 is 5.91 Å². The number of primary amides is 1. The van der Waals surface area contributed by atoms with Gasteiger partial charge in [0.05, 0.1) is 16.3 Å². The molecule has 3 N–H and O–H groups in total. The molecule has 1 aromatic heterocycles. The second-order valence-corrected chi connectivity index (χ2v) is 5.79. The van der Waals surface area contributed by atoms with Crippen LogP contribution in [-0.2, 0) is 0 Å². The highest BCUT2D eigenvalue weighted by atomic mass is 32.1. The van der Waals surface area contributed by atoms with Crippen LogP contribution in [0.15, 0.2) is 18.2 Å². The first-order valence-electron chi connectivity index (χ1n) is 6.27. The predicted octanol–water partition coefficient (Wildman–Crippen LogP) is 1.36. The minimum absolute atomic E-state index is 0.276. The smallest absolute Gasteiger partial charge is 0.248 e. The van der Waals surface area contributed by atoms with Crippen molar-refractivity contribution in [3.05, 3.63) is 23.8 Å². The summed E-state index contributed by atoms with van der Waals surface area (Å²) in [6, 6.07) is 5.31. The molecule has 2 aromatic rings. The van der Waals surface area contributed by atoms with Crippen LogP contribution in [0.1, 0.15) is 23.2 Å². The molecule has 0 saturated carbocycles. The van der Waals surface area contributed by atoms with Gasteiger partial charge in [0.25, 0.3) is 0 Å². The van der Waals surface area contributed by atoms with Crippen LogP contribution in [0.2, 0.25) is 0 Å². The van der Waals surface area contributed by atoms with E-state index in [4.69, 9.17) is 5.73 Å². The number of carbonyl (C=O) groups excluding carboxylic acids is 1. The number of nitrogens with two attached hydrogens (primary N) is 1. The summed E-state index contributed by atoms with van der Waals surface area (Å²) in [5, 5.41) is 10.6. The summed E-state index contributed by atoms with van der Waals surface area (Å²) in [5.41, 5.74) is 6.53. The van der Waals surface area contributed by atoms with Crippen molar-refractivity contribution in [1.82, 2.24) is 4.98 Å². The molecule has 6 heteroatoms. The monoisotopic (exact) mass is 277 g/mol. The number of benzene rings is 1. The third-order valence-electron chi connectivity index (χ3n) is 3.33. The van der Waals surface area contributed by atoms with Crippen LogP contribution >= 0.6 is 11.3 Å². The zero-order valence-electron chi connectivity index (χ0n) is 10.4. The first kappa shape index (κ1) is 12.4. The maximum atomic E-state index is 11.2. The van der Waals surface area contributed by atoms with Gasteiger partial charge in [0, 0.05) is 18.7 Å². The van der Waals surface area contributed by atoms with Crippen LogP contribution in [0.5, 0.6) is 0 Å². The number of aliphatic hydroxyl groups excluding tert-OH is 1. The van der Waals surface area contributed by atoms with Gasteiger partial charge in [-0.3, -0.25) is 4.79 Å². The van der Waals surface area contributed by atoms with Gasteiger partial charge in [0.2, 0.25) is 5.91 Å². The number of thiazole rings is 1.